The highest BCUT2D eigenvalue weighted by molar-refractivity contribution is 7.91. The van der Waals surface area contributed by atoms with Crippen molar-refractivity contribution < 1.29 is 22.6 Å². The number of imide groups is 1. The van der Waals surface area contributed by atoms with Crippen LogP contribution in [-0.4, -0.2) is 72.3 Å². The first-order valence-electron chi connectivity index (χ1n) is 7.05. The molecule has 2 aliphatic rings. The number of sulfonamides is 1. The van der Waals surface area contributed by atoms with Gasteiger partial charge in [0, 0.05) is 13.1 Å². The molecule has 1 fully saturated rings. The van der Waals surface area contributed by atoms with Crippen LogP contribution in [-0.2, 0) is 14.8 Å². The van der Waals surface area contributed by atoms with Gasteiger partial charge in [0.2, 0.25) is 15.3 Å². The van der Waals surface area contributed by atoms with E-state index in [9.17, 15) is 18.0 Å². The molecule has 2 aliphatic heterocycles. The fourth-order valence-electron chi connectivity index (χ4n) is 2.73. The van der Waals surface area contributed by atoms with Gasteiger partial charge in [-0.05, 0) is 25.7 Å². The number of carbonyl (C=O) groups is 2. The molecule has 21 heavy (non-hydrogen) atoms. The van der Waals surface area contributed by atoms with Crippen LogP contribution in [0.4, 0.5) is 4.79 Å². The highest BCUT2D eigenvalue weighted by Crippen LogP contribution is 2.23. The van der Waals surface area contributed by atoms with Crippen molar-refractivity contribution in [3.63, 3.8) is 0 Å². The van der Waals surface area contributed by atoms with E-state index in [1.807, 2.05) is 0 Å². The molecule has 2 rings (SSSR count). The molecule has 7 nitrogen and oxygen atoms in total. The highest BCUT2D eigenvalue weighted by Gasteiger charge is 2.52. The smallest absolute Gasteiger partial charge is 0.245 e. The number of carbonyl (C=O) groups excluding carboxylic acids is 2. The Bertz CT molecular complexity index is 603. The zero-order chi connectivity index (χ0) is 15.9. The van der Waals surface area contributed by atoms with Crippen LogP contribution in [0.15, 0.2) is 0 Å². The summed E-state index contributed by atoms with van der Waals surface area (Å²) in [6.45, 7) is 4.48. The van der Waals surface area contributed by atoms with Gasteiger partial charge in [0.25, 0.3) is 0 Å². The Morgan fingerprint density at radius 1 is 1.19 bits per heavy atom. The zero-order valence-corrected chi connectivity index (χ0v) is 13.7. The molecule has 1 unspecified atom stereocenters. The number of hydrogen-bond acceptors (Lipinski definition) is 4. The first-order valence-corrected chi connectivity index (χ1v) is 8.56. The summed E-state index contributed by atoms with van der Waals surface area (Å²) in [5.41, 5.74) is 0.265. The lowest BCUT2D eigenvalue weighted by Gasteiger charge is -2.33. The van der Waals surface area contributed by atoms with Crippen LogP contribution in [0.3, 0.4) is 0 Å². The van der Waals surface area contributed by atoms with E-state index in [0.717, 1.165) is 17.7 Å². The minimum Gasteiger partial charge on any atom is -0.245 e. The Morgan fingerprint density at radius 2 is 1.71 bits per heavy atom. The number of amides is 3. The SMILES string of the molecule is CC1=[N+](C)C(=O)N(C)C(=O)C1S(=O)(=O)N1CCC(C)CC1. The van der Waals surface area contributed by atoms with Crippen LogP contribution in [0, 0.1) is 5.92 Å². The Balaban J connectivity index is 2.39. The predicted molar refractivity (Wildman–Crippen MR) is 77.7 cm³/mol. The molecule has 0 aromatic carbocycles. The summed E-state index contributed by atoms with van der Waals surface area (Å²) < 4.78 is 28.2. The van der Waals surface area contributed by atoms with Crippen LogP contribution in [0.1, 0.15) is 26.7 Å². The van der Waals surface area contributed by atoms with Crippen molar-refractivity contribution >= 4 is 27.7 Å². The third-order valence-corrected chi connectivity index (χ3v) is 6.66. The van der Waals surface area contributed by atoms with E-state index in [0.29, 0.717) is 19.0 Å². The molecule has 0 aliphatic carbocycles. The lowest BCUT2D eigenvalue weighted by atomic mass is 10.0. The zero-order valence-electron chi connectivity index (χ0n) is 12.9. The van der Waals surface area contributed by atoms with Gasteiger partial charge in [0.05, 0.1) is 14.1 Å². The first-order chi connectivity index (χ1) is 9.67. The van der Waals surface area contributed by atoms with E-state index < -0.39 is 27.2 Å². The maximum absolute atomic E-state index is 12.8. The molecule has 0 aromatic heterocycles. The van der Waals surface area contributed by atoms with Crippen molar-refractivity contribution in [3.05, 3.63) is 0 Å². The summed E-state index contributed by atoms with van der Waals surface area (Å²) >= 11 is 0. The molecule has 0 aromatic rings. The van der Waals surface area contributed by atoms with Crippen molar-refractivity contribution in [2.45, 2.75) is 31.9 Å². The van der Waals surface area contributed by atoms with Crippen LogP contribution >= 0.6 is 0 Å². The summed E-state index contributed by atoms with van der Waals surface area (Å²) in [4.78, 5) is 25.0. The van der Waals surface area contributed by atoms with E-state index >= 15 is 0 Å². The van der Waals surface area contributed by atoms with E-state index in [2.05, 4.69) is 6.92 Å². The second-order valence-corrected chi connectivity index (χ2v) is 7.90. The number of urea groups is 1. The number of nitrogens with zero attached hydrogens (tertiary/aromatic N) is 3. The number of piperidine rings is 1. The summed E-state index contributed by atoms with van der Waals surface area (Å²) in [6, 6.07) is -0.504. The van der Waals surface area contributed by atoms with Gasteiger partial charge in [-0.1, -0.05) is 6.92 Å². The minimum absolute atomic E-state index is 0.265. The second-order valence-electron chi connectivity index (χ2n) is 5.89. The van der Waals surface area contributed by atoms with Crippen LogP contribution in [0.25, 0.3) is 0 Å². The first kappa shape index (κ1) is 16.1. The van der Waals surface area contributed by atoms with Gasteiger partial charge >= 0.3 is 11.9 Å². The monoisotopic (exact) mass is 316 g/mol. The van der Waals surface area contributed by atoms with Gasteiger partial charge in [-0.15, -0.1) is 0 Å². The molecule has 0 spiro atoms. The van der Waals surface area contributed by atoms with Crippen molar-refractivity contribution in [2.24, 2.45) is 5.92 Å². The average molecular weight is 316 g/mol. The highest BCUT2D eigenvalue weighted by atomic mass is 32.2. The quantitative estimate of drug-likeness (QED) is 0.678. The molecule has 3 amide bonds. The van der Waals surface area contributed by atoms with E-state index in [-0.39, 0.29) is 5.71 Å². The fourth-order valence-corrected chi connectivity index (χ4v) is 4.75. The van der Waals surface area contributed by atoms with Crippen LogP contribution in [0.2, 0.25) is 0 Å². The molecular formula is C13H22N3O4S+. The van der Waals surface area contributed by atoms with Crippen LogP contribution < -0.4 is 0 Å². The van der Waals surface area contributed by atoms with E-state index in [4.69, 9.17) is 0 Å². The fraction of sp³-hybridized carbons (Fsp3) is 0.769. The topological polar surface area (TPSA) is 77.8 Å². The molecule has 118 valence electrons. The molecule has 0 saturated carbocycles. The summed E-state index contributed by atoms with van der Waals surface area (Å²) in [5, 5.41) is -1.29. The van der Waals surface area contributed by atoms with Crippen molar-refractivity contribution in [1.82, 2.24) is 9.21 Å². The van der Waals surface area contributed by atoms with Gasteiger partial charge in [-0.25, -0.2) is 17.5 Å². The van der Waals surface area contributed by atoms with Crippen molar-refractivity contribution in [2.75, 3.05) is 27.2 Å². The Labute approximate surface area is 125 Å². The van der Waals surface area contributed by atoms with Gasteiger partial charge < -0.3 is 0 Å². The van der Waals surface area contributed by atoms with Gasteiger partial charge in [-0.3, -0.25) is 0 Å². The van der Waals surface area contributed by atoms with Crippen LogP contribution in [0.5, 0.6) is 0 Å². The maximum atomic E-state index is 12.8. The normalized spacial score (nSPS) is 26.7. The molecule has 8 heteroatoms. The van der Waals surface area contributed by atoms with E-state index in [1.54, 1.807) is 0 Å². The standard InChI is InChI=1S/C13H22N3O4S/c1-9-5-7-16(8-6-9)21(19,20)11-10(2)14(3)13(18)15(4)12(11)17/h9,11H,5-8H2,1-4H3/q+1. The molecule has 1 saturated heterocycles. The number of hydrogen-bond donors (Lipinski definition) is 0. The Hall–Kier alpha value is -1.28. The Kier molecular flexibility index (Phi) is 4.21. The average Bonchev–Trinajstić information content (AvgIpc) is 2.43. The van der Waals surface area contributed by atoms with Crippen molar-refractivity contribution in [3.8, 4) is 0 Å². The lowest BCUT2D eigenvalue weighted by molar-refractivity contribution is -0.405. The number of rotatable bonds is 2. The lowest BCUT2D eigenvalue weighted by Crippen LogP contribution is -2.60. The van der Waals surface area contributed by atoms with Gasteiger partial charge in [-0.2, -0.15) is 14.3 Å². The molecule has 2 heterocycles. The molecule has 0 bridgehead atoms. The second kappa shape index (κ2) is 5.49. The minimum atomic E-state index is -3.78. The summed E-state index contributed by atoms with van der Waals surface area (Å²) in [6.07, 6.45) is 1.59. The molecule has 1 atom stereocenters. The van der Waals surface area contributed by atoms with Gasteiger partial charge in [0.15, 0.2) is 0 Å². The summed E-state index contributed by atoms with van der Waals surface area (Å²) in [5.74, 6) is -0.176. The third kappa shape index (κ3) is 2.62. The Morgan fingerprint density at radius 3 is 2.24 bits per heavy atom. The summed E-state index contributed by atoms with van der Waals surface area (Å²) in [7, 11) is -0.984. The molecular weight excluding hydrogens is 294 g/mol. The van der Waals surface area contributed by atoms with Gasteiger partial charge in [0.1, 0.15) is 5.71 Å². The third-order valence-electron chi connectivity index (χ3n) is 4.44. The largest absolute Gasteiger partial charge is 0.500 e. The maximum Gasteiger partial charge on any atom is 0.500 e. The molecule has 0 N–H and O–H groups in total. The predicted octanol–water partition coefficient (Wildman–Crippen LogP) is 0.112. The van der Waals surface area contributed by atoms with E-state index in [1.165, 1.54) is 29.9 Å². The van der Waals surface area contributed by atoms with Crippen molar-refractivity contribution in [1.29, 1.82) is 0 Å². The molecule has 0 radical (unpaired) electrons.